The van der Waals surface area contributed by atoms with Gasteiger partial charge in [-0.05, 0) is 97.6 Å². The van der Waals surface area contributed by atoms with Crippen LogP contribution in [0.25, 0.3) is 10.8 Å². The number of carbonyl (C=O) groups is 2. The van der Waals surface area contributed by atoms with Crippen molar-refractivity contribution in [2.45, 2.75) is 65.0 Å². The van der Waals surface area contributed by atoms with Crippen LogP contribution in [-0.2, 0) is 4.79 Å². The molecule has 3 unspecified atom stereocenters. The molecule has 2 amide bonds. The van der Waals surface area contributed by atoms with E-state index in [-0.39, 0.29) is 29.3 Å². The van der Waals surface area contributed by atoms with Gasteiger partial charge in [0.15, 0.2) is 0 Å². The third-order valence-corrected chi connectivity index (χ3v) is 10.2. The van der Waals surface area contributed by atoms with E-state index >= 15 is 0 Å². The van der Waals surface area contributed by atoms with E-state index < -0.39 is 0 Å². The van der Waals surface area contributed by atoms with Crippen molar-refractivity contribution in [3.63, 3.8) is 0 Å². The zero-order valence-electron chi connectivity index (χ0n) is 25.4. The quantitative estimate of drug-likeness (QED) is 0.372. The summed E-state index contributed by atoms with van der Waals surface area (Å²) in [6.45, 7) is 11.9. The minimum atomic E-state index is -0.217. The van der Waals surface area contributed by atoms with Gasteiger partial charge < -0.3 is 20.4 Å². The summed E-state index contributed by atoms with van der Waals surface area (Å²) in [6, 6.07) is 11.2. The highest BCUT2D eigenvalue weighted by Gasteiger charge is 2.40. The molecule has 5 rings (SSSR count). The maximum atomic E-state index is 14.2. The largest absolute Gasteiger partial charge is 0.350 e. The van der Waals surface area contributed by atoms with Gasteiger partial charge >= 0.3 is 0 Å². The Kier molecular flexibility index (Phi) is 10.1. The number of amides is 2. The van der Waals surface area contributed by atoms with Crippen LogP contribution in [0.15, 0.2) is 60.7 Å². The molecule has 2 aromatic rings. The van der Waals surface area contributed by atoms with Gasteiger partial charge in [-0.15, -0.1) is 0 Å². The minimum absolute atomic E-state index is 0.0320. The molecule has 2 N–H and O–H groups in total. The number of halogens is 1. The van der Waals surface area contributed by atoms with Crippen molar-refractivity contribution < 1.29 is 9.59 Å². The summed E-state index contributed by atoms with van der Waals surface area (Å²) in [5.41, 5.74) is 0.692. The van der Waals surface area contributed by atoms with Gasteiger partial charge in [0.25, 0.3) is 5.91 Å². The first-order valence-electron chi connectivity index (χ1n) is 15.9. The number of rotatable bonds is 9. The van der Waals surface area contributed by atoms with Crippen molar-refractivity contribution in [2.75, 3.05) is 39.3 Å². The van der Waals surface area contributed by atoms with E-state index in [1.807, 2.05) is 36.4 Å². The highest BCUT2D eigenvalue weighted by molar-refractivity contribution is 6.31. The molecule has 2 aromatic carbocycles. The lowest BCUT2D eigenvalue weighted by molar-refractivity contribution is -0.135. The molecule has 4 atom stereocenters. The average Bonchev–Trinajstić information content (AvgIpc) is 3.16. The van der Waals surface area contributed by atoms with E-state index in [1.165, 1.54) is 0 Å². The standard InChI is InChI=1S/C35H47ClN4O2/c1-4-29(35(3)16-7-6-8-17-35)24-40-20-15-31(38-32(34(40)42)25-13-18-39(5-2)19-14-25)23-37-33(41)28-10-9-27-22-30(36)12-11-26(27)21-28/h6-12,16,21-22,25,29,31-32,38H,4-5,13-15,17-20,23-24H2,1-3H3,(H,37,41)/t29-,31?,32?,35?/m1/s1. The molecule has 3 aliphatic rings. The van der Waals surface area contributed by atoms with Crippen LogP contribution in [0, 0.1) is 17.3 Å². The Morgan fingerprint density at radius 2 is 1.83 bits per heavy atom. The van der Waals surface area contributed by atoms with Crippen molar-refractivity contribution in [3.05, 3.63) is 71.3 Å². The normalized spacial score (nSPS) is 26.4. The van der Waals surface area contributed by atoms with E-state index in [9.17, 15) is 9.59 Å². The lowest BCUT2D eigenvalue weighted by Gasteiger charge is -2.40. The van der Waals surface area contributed by atoms with Crippen molar-refractivity contribution in [1.82, 2.24) is 20.4 Å². The van der Waals surface area contributed by atoms with Gasteiger partial charge in [-0.1, -0.05) is 75.2 Å². The van der Waals surface area contributed by atoms with Gasteiger partial charge in [-0.2, -0.15) is 0 Å². The molecule has 0 spiro atoms. The number of fused-ring (bicyclic) bond motifs is 1. The van der Waals surface area contributed by atoms with E-state index in [0.717, 1.165) is 69.1 Å². The second kappa shape index (κ2) is 13.7. The first-order valence-corrected chi connectivity index (χ1v) is 16.3. The lowest BCUT2D eigenvalue weighted by Crippen LogP contribution is -2.55. The maximum absolute atomic E-state index is 14.2. The molecule has 0 aromatic heterocycles. The zero-order chi connectivity index (χ0) is 29.7. The summed E-state index contributed by atoms with van der Waals surface area (Å²) in [5.74, 6) is 0.846. The predicted molar refractivity (Wildman–Crippen MR) is 173 cm³/mol. The number of hydrogen-bond acceptors (Lipinski definition) is 4. The van der Waals surface area contributed by atoms with Gasteiger partial charge in [0, 0.05) is 36.3 Å². The average molecular weight is 591 g/mol. The molecular formula is C35H47ClN4O2. The van der Waals surface area contributed by atoms with E-state index in [2.05, 4.69) is 65.5 Å². The topological polar surface area (TPSA) is 64.7 Å². The number of likely N-dealkylation sites (tertiary alicyclic amines) is 1. The third-order valence-electron chi connectivity index (χ3n) is 10.0. The number of benzene rings is 2. The first-order chi connectivity index (χ1) is 20.3. The van der Waals surface area contributed by atoms with Crippen LogP contribution in [0.3, 0.4) is 0 Å². The fourth-order valence-corrected chi connectivity index (χ4v) is 7.28. The van der Waals surface area contributed by atoms with Crippen LogP contribution in [0.1, 0.15) is 63.2 Å². The van der Waals surface area contributed by atoms with Crippen molar-refractivity contribution in [1.29, 1.82) is 0 Å². The Hall–Kier alpha value is -2.67. The second-order valence-electron chi connectivity index (χ2n) is 12.7. The summed E-state index contributed by atoms with van der Waals surface area (Å²) in [6.07, 6.45) is 13.8. The first kappa shape index (κ1) is 30.8. The third kappa shape index (κ3) is 7.10. The van der Waals surface area contributed by atoms with E-state index in [4.69, 9.17) is 11.6 Å². The summed E-state index contributed by atoms with van der Waals surface area (Å²) in [4.78, 5) is 32.0. The minimum Gasteiger partial charge on any atom is -0.350 e. The molecule has 42 heavy (non-hydrogen) atoms. The lowest BCUT2D eigenvalue weighted by atomic mass is 9.71. The van der Waals surface area contributed by atoms with Crippen molar-refractivity contribution in [3.8, 4) is 0 Å². The van der Waals surface area contributed by atoms with E-state index in [1.54, 1.807) is 0 Å². The van der Waals surface area contributed by atoms with Gasteiger partial charge in [-0.25, -0.2) is 0 Å². The Bertz CT molecular complexity index is 1320. The van der Waals surface area contributed by atoms with Gasteiger partial charge in [0.1, 0.15) is 0 Å². The van der Waals surface area contributed by atoms with Gasteiger partial charge in [-0.3, -0.25) is 9.59 Å². The SMILES string of the molecule is CC[C@H](CN1CCC(CNC(=O)c2ccc3cc(Cl)ccc3c2)NC(C2CCN(CC)CC2)C1=O)C1(C)C=CC=CC1. The van der Waals surface area contributed by atoms with Crippen molar-refractivity contribution in [2.24, 2.45) is 17.3 Å². The fraction of sp³-hybridized carbons (Fsp3) is 0.543. The molecule has 1 aliphatic carbocycles. The fourth-order valence-electron chi connectivity index (χ4n) is 7.10. The number of nitrogens with one attached hydrogen (secondary N) is 2. The monoisotopic (exact) mass is 590 g/mol. The summed E-state index contributed by atoms with van der Waals surface area (Å²) in [5, 5.41) is 9.61. The van der Waals surface area contributed by atoms with Crippen LogP contribution in [0.2, 0.25) is 5.02 Å². The maximum Gasteiger partial charge on any atom is 0.251 e. The molecule has 226 valence electrons. The predicted octanol–water partition coefficient (Wildman–Crippen LogP) is 6.06. The summed E-state index contributed by atoms with van der Waals surface area (Å²) >= 11 is 6.13. The molecular weight excluding hydrogens is 544 g/mol. The molecule has 2 saturated heterocycles. The Morgan fingerprint density at radius 1 is 1.07 bits per heavy atom. The number of carbonyl (C=O) groups excluding carboxylic acids is 2. The number of piperidine rings is 1. The Balaban J connectivity index is 1.29. The second-order valence-corrected chi connectivity index (χ2v) is 13.1. The molecule has 0 bridgehead atoms. The molecule has 2 aliphatic heterocycles. The Labute approximate surface area is 256 Å². The van der Waals surface area contributed by atoms with Crippen LogP contribution >= 0.6 is 11.6 Å². The smallest absolute Gasteiger partial charge is 0.251 e. The van der Waals surface area contributed by atoms with Gasteiger partial charge in [0.05, 0.1) is 6.04 Å². The number of nitrogens with zero attached hydrogens (tertiary/aromatic N) is 2. The van der Waals surface area contributed by atoms with Crippen LogP contribution < -0.4 is 10.6 Å². The summed E-state index contributed by atoms with van der Waals surface area (Å²) < 4.78 is 0. The molecule has 0 saturated carbocycles. The summed E-state index contributed by atoms with van der Waals surface area (Å²) in [7, 11) is 0. The van der Waals surface area contributed by atoms with Gasteiger partial charge in [0.2, 0.25) is 5.91 Å². The number of allylic oxidation sites excluding steroid dienone is 4. The highest BCUT2D eigenvalue weighted by Crippen LogP contribution is 2.38. The highest BCUT2D eigenvalue weighted by atomic mass is 35.5. The van der Waals surface area contributed by atoms with Crippen LogP contribution in [0.5, 0.6) is 0 Å². The molecule has 6 nitrogen and oxygen atoms in total. The molecule has 2 heterocycles. The molecule has 2 fully saturated rings. The molecule has 0 radical (unpaired) electrons. The van der Waals surface area contributed by atoms with Crippen LogP contribution in [0.4, 0.5) is 0 Å². The zero-order valence-corrected chi connectivity index (χ0v) is 26.2. The number of hydrogen-bond donors (Lipinski definition) is 2. The van der Waals surface area contributed by atoms with Crippen molar-refractivity contribution >= 4 is 34.2 Å². The molecule has 7 heteroatoms. The van der Waals surface area contributed by atoms with E-state index in [0.29, 0.717) is 35.5 Å². The van der Waals surface area contributed by atoms with Crippen LogP contribution in [-0.4, -0.2) is 73.0 Å². The Morgan fingerprint density at radius 3 is 2.55 bits per heavy atom.